The molecule has 2 rings (SSSR count). The molecule has 1 atom stereocenters. The van der Waals surface area contributed by atoms with Crippen LogP contribution in [0, 0.1) is 13.8 Å². The molecule has 0 radical (unpaired) electrons. The Kier molecular flexibility index (Phi) is 8.58. The molecule has 0 saturated carbocycles. The Hall–Kier alpha value is -2.27. The number of thioether (sulfide) groups is 1. The van der Waals surface area contributed by atoms with E-state index in [1.165, 1.54) is 11.1 Å². The molecular weight excluding hydrogens is 368 g/mol. The van der Waals surface area contributed by atoms with Crippen LogP contribution < -0.4 is 5.32 Å². The number of amides is 2. The first-order valence-corrected chi connectivity index (χ1v) is 10.7. The number of nitrogens with zero attached hydrogens (tertiary/aromatic N) is 1. The molecule has 2 aromatic rings. The van der Waals surface area contributed by atoms with Crippen LogP contribution in [0.2, 0.25) is 0 Å². The van der Waals surface area contributed by atoms with E-state index in [-0.39, 0.29) is 11.8 Å². The van der Waals surface area contributed by atoms with E-state index >= 15 is 0 Å². The predicted octanol–water partition coefficient (Wildman–Crippen LogP) is 4.34. The molecule has 0 heterocycles. The third kappa shape index (κ3) is 6.71. The highest BCUT2D eigenvalue weighted by molar-refractivity contribution is 7.99. The van der Waals surface area contributed by atoms with Gasteiger partial charge in [-0.3, -0.25) is 9.59 Å². The molecule has 0 aliphatic carbocycles. The molecule has 1 N–H and O–H groups in total. The molecular formula is C23H30N2O2S. The Morgan fingerprint density at radius 2 is 1.57 bits per heavy atom. The Balaban J connectivity index is 2.03. The van der Waals surface area contributed by atoms with E-state index in [2.05, 4.69) is 36.5 Å². The van der Waals surface area contributed by atoms with Crippen LogP contribution in [-0.4, -0.2) is 35.1 Å². The van der Waals surface area contributed by atoms with E-state index in [4.69, 9.17) is 0 Å². The monoisotopic (exact) mass is 398 g/mol. The predicted molar refractivity (Wildman–Crippen MR) is 116 cm³/mol. The second-order valence-corrected chi connectivity index (χ2v) is 8.16. The maximum atomic E-state index is 12.9. The van der Waals surface area contributed by atoms with Crippen molar-refractivity contribution >= 4 is 23.6 Å². The van der Waals surface area contributed by atoms with E-state index < -0.39 is 6.04 Å². The number of rotatable bonds is 9. The summed E-state index contributed by atoms with van der Waals surface area (Å²) in [4.78, 5) is 28.1. The van der Waals surface area contributed by atoms with Gasteiger partial charge < -0.3 is 10.2 Å². The molecule has 2 amide bonds. The average Bonchev–Trinajstić information content (AvgIpc) is 2.68. The van der Waals surface area contributed by atoms with E-state index in [0.29, 0.717) is 25.3 Å². The molecule has 0 unspecified atom stereocenters. The highest BCUT2D eigenvalue weighted by Crippen LogP contribution is 2.20. The van der Waals surface area contributed by atoms with Crippen molar-refractivity contribution in [2.75, 3.05) is 12.3 Å². The van der Waals surface area contributed by atoms with Gasteiger partial charge in [-0.15, -0.1) is 11.8 Å². The molecule has 0 fully saturated rings. The fraction of sp³-hybridized carbons (Fsp3) is 0.391. The van der Waals surface area contributed by atoms with Crippen molar-refractivity contribution in [3.05, 3.63) is 65.2 Å². The number of benzene rings is 2. The highest BCUT2D eigenvalue weighted by atomic mass is 32.2. The van der Waals surface area contributed by atoms with Crippen molar-refractivity contribution in [1.82, 2.24) is 10.2 Å². The Labute approximate surface area is 172 Å². The summed E-state index contributed by atoms with van der Waals surface area (Å²) in [6, 6.07) is 15.9. The lowest BCUT2D eigenvalue weighted by Crippen LogP contribution is -2.47. The van der Waals surface area contributed by atoms with E-state index in [1.807, 2.05) is 38.1 Å². The van der Waals surface area contributed by atoms with Crippen molar-refractivity contribution in [3.8, 4) is 0 Å². The molecule has 150 valence electrons. The lowest BCUT2D eigenvalue weighted by atomic mass is 10.1. The van der Waals surface area contributed by atoms with Gasteiger partial charge in [0.15, 0.2) is 0 Å². The smallest absolute Gasteiger partial charge is 0.242 e. The summed E-state index contributed by atoms with van der Waals surface area (Å²) in [5, 5.41) is 2.82. The molecule has 0 spiro atoms. The van der Waals surface area contributed by atoms with Crippen LogP contribution in [0.25, 0.3) is 0 Å². The van der Waals surface area contributed by atoms with Crippen molar-refractivity contribution in [2.45, 2.75) is 51.6 Å². The van der Waals surface area contributed by atoms with Crippen LogP contribution in [0.3, 0.4) is 0 Å². The number of nitrogens with one attached hydrogen (secondary N) is 1. The van der Waals surface area contributed by atoms with Gasteiger partial charge in [0.1, 0.15) is 6.04 Å². The first-order valence-electron chi connectivity index (χ1n) is 9.73. The van der Waals surface area contributed by atoms with Gasteiger partial charge in [0.2, 0.25) is 11.8 Å². The SMILES string of the molecule is CCNC(=O)[C@@H](C)N(Cc1ccc(C)cc1)C(=O)CCSc1ccc(C)cc1. The van der Waals surface area contributed by atoms with Gasteiger partial charge in [0.05, 0.1) is 0 Å². The summed E-state index contributed by atoms with van der Waals surface area (Å²) in [5.74, 6) is 0.571. The topological polar surface area (TPSA) is 49.4 Å². The van der Waals surface area contributed by atoms with Crippen LogP contribution >= 0.6 is 11.8 Å². The molecule has 0 aromatic heterocycles. The standard InChI is InChI=1S/C23H30N2O2S/c1-5-24-23(27)19(4)25(16-20-10-6-17(2)7-11-20)22(26)14-15-28-21-12-8-18(3)9-13-21/h6-13,19H,5,14-16H2,1-4H3,(H,24,27)/t19-/m1/s1. The van der Waals surface area contributed by atoms with Crippen LogP contribution in [0.15, 0.2) is 53.4 Å². The zero-order valence-corrected chi connectivity index (χ0v) is 18.0. The van der Waals surface area contributed by atoms with Gasteiger partial charge in [-0.1, -0.05) is 47.5 Å². The van der Waals surface area contributed by atoms with E-state index in [9.17, 15) is 9.59 Å². The van der Waals surface area contributed by atoms with E-state index in [0.717, 1.165) is 10.5 Å². The summed E-state index contributed by atoms with van der Waals surface area (Å²) in [6.07, 6.45) is 0.397. The average molecular weight is 399 g/mol. The summed E-state index contributed by atoms with van der Waals surface area (Å²) in [7, 11) is 0. The Morgan fingerprint density at radius 1 is 1.00 bits per heavy atom. The molecule has 0 aliphatic rings. The van der Waals surface area contributed by atoms with Crippen LogP contribution in [0.1, 0.15) is 37.0 Å². The normalized spacial score (nSPS) is 11.7. The van der Waals surface area contributed by atoms with Gasteiger partial charge in [-0.05, 0) is 45.4 Å². The third-order valence-corrected chi connectivity index (χ3v) is 5.61. The number of carbonyl (C=O) groups is 2. The lowest BCUT2D eigenvalue weighted by molar-refractivity contribution is -0.140. The number of aryl methyl sites for hydroxylation is 2. The largest absolute Gasteiger partial charge is 0.355 e. The minimum Gasteiger partial charge on any atom is -0.355 e. The number of carbonyl (C=O) groups excluding carboxylic acids is 2. The minimum atomic E-state index is -0.502. The lowest BCUT2D eigenvalue weighted by Gasteiger charge is -2.28. The summed E-state index contributed by atoms with van der Waals surface area (Å²) in [5.41, 5.74) is 3.43. The maximum Gasteiger partial charge on any atom is 0.242 e. The summed E-state index contributed by atoms with van der Waals surface area (Å²) in [6.45, 7) is 8.76. The maximum absolute atomic E-state index is 12.9. The highest BCUT2D eigenvalue weighted by Gasteiger charge is 2.25. The van der Waals surface area contributed by atoms with Crippen molar-refractivity contribution < 1.29 is 9.59 Å². The molecule has 0 aliphatic heterocycles. The molecule has 4 nitrogen and oxygen atoms in total. The van der Waals surface area contributed by atoms with E-state index in [1.54, 1.807) is 23.6 Å². The molecule has 0 saturated heterocycles. The zero-order chi connectivity index (χ0) is 20.5. The number of hydrogen-bond donors (Lipinski definition) is 1. The fourth-order valence-electron chi connectivity index (χ4n) is 2.83. The Bertz CT molecular complexity index is 772. The third-order valence-electron chi connectivity index (χ3n) is 4.60. The van der Waals surface area contributed by atoms with Crippen LogP contribution in [0.4, 0.5) is 0 Å². The van der Waals surface area contributed by atoms with Crippen molar-refractivity contribution in [3.63, 3.8) is 0 Å². The van der Waals surface area contributed by atoms with Gasteiger partial charge in [0, 0.05) is 30.2 Å². The second kappa shape index (κ2) is 10.9. The fourth-order valence-corrected chi connectivity index (χ4v) is 3.67. The minimum absolute atomic E-state index is 0.000982. The van der Waals surface area contributed by atoms with Crippen molar-refractivity contribution in [2.24, 2.45) is 0 Å². The van der Waals surface area contributed by atoms with Gasteiger partial charge in [0.25, 0.3) is 0 Å². The summed E-state index contributed by atoms with van der Waals surface area (Å²) < 4.78 is 0. The molecule has 5 heteroatoms. The van der Waals surface area contributed by atoms with Crippen LogP contribution in [-0.2, 0) is 16.1 Å². The first kappa shape index (κ1) is 22.0. The first-order chi connectivity index (χ1) is 13.4. The summed E-state index contributed by atoms with van der Waals surface area (Å²) >= 11 is 1.67. The molecule has 0 bridgehead atoms. The zero-order valence-electron chi connectivity index (χ0n) is 17.2. The second-order valence-electron chi connectivity index (χ2n) is 6.99. The van der Waals surface area contributed by atoms with Gasteiger partial charge in [-0.2, -0.15) is 0 Å². The van der Waals surface area contributed by atoms with Gasteiger partial charge >= 0.3 is 0 Å². The van der Waals surface area contributed by atoms with Crippen molar-refractivity contribution in [1.29, 1.82) is 0 Å². The van der Waals surface area contributed by atoms with Gasteiger partial charge in [-0.25, -0.2) is 0 Å². The van der Waals surface area contributed by atoms with Crippen LogP contribution in [0.5, 0.6) is 0 Å². The quantitative estimate of drug-likeness (QED) is 0.639. The number of hydrogen-bond acceptors (Lipinski definition) is 3. The number of likely N-dealkylation sites (N-methyl/N-ethyl adjacent to an activating group) is 1. The molecule has 28 heavy (non-hydrogen) atoms. The molecule has 2 aromatic carbocycles. The Morgan fingerprint density at radius 3 is 2.14 bits per heavy atom.